The Morgan fingerprint density at radius 1 is 0.524 bits per heavy atom. The quantitative estimate of drug-likeness (QED) is 0.0673. The Bertz CT molecular complexity index is 712. The third kappa shape index (κ3) is 20.3. The van der Waals surface area contributed by atoms with Gasteiger partial charge >= 0.3 is 11.9 Å². The van der Waals surface area contributed by atoms with Gasteiger partial charge in [0.1, 0.15) is 0 Å². The lowest BCUT2D eigenvalue weighted by Crippen LogP contribution is -2.31. The van der Waals surface area contributed by atoms with Crippen molar-refractivity contribution in [2.24, 2.45) is 23.7 Å². The van der Waals surface area contributed by atoms with Crippen LogP contribution in [0.4, 0.5) is 0 Å². The van der Waals surface area contributed by atoms with Crippen LogP contribution in [0.5, 0.6) is 0 Å². The predicted molar refractivity (Wildman–Crippen MR) is 179 cm³/mol. The van der Waals surface area contributed by atoms with Gasteiger partial charge in [-0.1, -0.05) is 141 Å². The van der Waals surface area contributed by atoms with E-state index in [0.717, 1.165) is 55.8 Å². The number of carbonyl (C=O) groups is 2. The number of allylic oxidation sites excluding steroid dienone is 4. The molecule has 2 N–H and O–H groups in total. The number of unbranched alkanes of at least 4 members (excludes halogenated alkanes) is 16. The van der Waals surface area contributed by atoms with E-state index in [0.29, 0.717) is 12.8 Å². The normalized spacial score (nSPS) is 20.4. The van der Waals surface area contributed by atoms with Crippen molar-refractivity contribution in [3.05, 3.63) is 24.3 Å². The molecular formula is C38H68O4. The maximum Gasteiger partial charge on any atom is 0.303 e. The summed E-state index contributed by atoms with van der Waals surface area (Å²) >= 11 is 0. The Morgan fingerprint density at radius 2 is 0.952 bits per heavy atom. The van der Waals surface area contributed by atoms with Crippen molar-refractivity contribution in [2.75, 3.05) is 0 Å². The summed E-state index contributed by atoms with van der Waals surface area (Å²) < 4.78 is 0. The molecule has 0 aromatic heterocycles. The van der Waals surface area contributed by atoms with E-state index < -0.39 is 11.9 Å². The first kappa shape index (κ1) is 38.4. The fourth-order valence-corrected chi connectivity index (χ4v) is 7.02. The minimum Gasteiger partial charge on any atom is -0.481 e. The largest absolute Gasteiger partial charge is 0.481 e. The molecule has 0 radical (unpaired) electrons. The summed E-state index contributed by atoms with van der Waals surface area (Å²) in [6, 6.07) is 0. The highest BCUT2D eigenvalue weighted by Gasteiger charge is 2.34. The molecule has 0 saturated heterocycles. The van der Waals surface area contributed by atoms with E-state index in [-0.39, 0.29) is 0 Å². The minimum absolute atomic E-state index is 0.315. The molecule has 0 fully saturated rings. The molecule has 1 aliphatic carbocycles. The van der Waals surface area contributed by atoms with Crippen LogP contribution in [0.3, 0.4) is 0 Å². The summed E-state index contributed by atoms with van der Waals surface area (Å²) in [4.78, 5) is 21.4. The van der Waals surface area contributed by atoms with Crippen LogP contribution < -0.4 is 0 Å². The zero-order valence-electron chi connectivity index (χ0n) is 27.7. The molecule has 0 bridgehead atoms. The van der Waals surface area contributed by atoms with E-state index in [4.69, 9.17) is 10.2 Å². The lowest BCUT2D eigenvalue weighted by Gasteiger charge is -2.40. The molecule has 0 spiro atoms. The molecule has 0 amide bonds. The van der Waals surface area contributed by atoms with Crippen LogP contribution in [0.2, 0.25) is 0 Å². The summed E-state index contributed by atoms with van der Waals surface area (Å²) in [6.45, 7) is 4.62. The van der Waals surface area contributed by atoms with Crippen molar-refractivity contribution in [3.63, 3.8) is 0 Å². The van der Waals surface area contributed by atoms with Gasteiger partial charge in [0.05, 0.1) is 0 Å². The maximum absolute atomic E-state index is 10.7. The second-order valence-electron chi connectivity index (χ2n) is 13.2. The highest BCUT2D eigenvalue weighted by atomic mass is 16.4. The molecule has 0 saturated carbocycles. The number of rotatable bonds is 29. The second-order valence-corrected chi connectivity index (χ2v) is 13.2. The van der Waals surface area contributed by atoms with Crippen LogP contribution in [0.25, 0.3) is 0 Å². The molecule has 4 atom stereocenters. The van der Waals surface area contributed by atoms with Crippen molar-refractivity contribution in [1.82, 2.24) is 0 Å². The van der Waals surface area contributed by atoms with Crippen molar-refractivity contribution < 1.29 is 19.8 Å². The zero-order valence-corrected chi connectivity index (χ0v) is 27.7. The molecule has 0 heterocycles. The first-order valence-electron chi connectivity index (χ1n) is 18.3. The number of carboxylic acid groups (broad SMARTS) is 2. The fraction of sp³-hybridized carbons (Fsp3) is 0.842. The van der Waals surface area contributed by atoms with Gasteiger partial charge in [0.15, 0.2) is 0 Å². The summed E-state index contributed by atoms with van der Waals surface area (Å²) in [6.07, 6.45) is 40.4. The summed E-state index contributed by atoms with van der Waals surface area (Å²) in [5.74, 6) is 1.71. The first-order chi connectivity index (χ1) is 20.5. The molecule has 4 unspecified atom stereocenters. The van der Waals surface area contributed by atoms with Gasteiger partial charge in [-0.3, -0.25) is 9.59 Å². The van der Waals surface area contributed by atoms with Crippen LogP contribution in [0, 0.1) is 23.7 Å². The van der Waals surface area contributed by atoms with Crippen molar-refractivity contribution in [3.8, 4) is 0 Å². The SMILES string of the molecule is CCCCCCC1C=CC(CCCCCCCCC(=O)O)C(CCCCC)C1CC=CCCCCCCCCC(=O)O. The summed E-state index contributed by atoms with van der Waals surface area (Å²) in [5.41, 5.74) is 0. The van der Waals surface area contributed by atoms with Gasteiger partial charge in [-0.2, -0.15) is 0 Å². The van der Waals surface area contributed by atoms with Crippen LogP contribution in [0.1, 0.15) is 181 Å². The second kappa shape index (κ2) is 27.0. The fourth-order valence-electron chi connectivity index (χ4n) is 7.02. The Balaban J connectivity index is 2.62. The van der Waals surface area contributed by atoms with Crippen molar-refractivity contribution in [1.29, 1.82) is 0 Å². The van der Waals surface area contributed by atoms with Gasteiger partial charge in [0, 0.05) is 12.8 Å². The predicted octanol–water partition coefficient (Wildman–Crippen LogP) is 11.9. The molecule has 42 heavy (non-hydrogen) atoms. The number of hydrogen-bond acceptors (Lipinski definition) is 2. The van der Waals surface area contributed by atoms with Crippen molar-refractivity contribution in [2.45, 2.75) is 181 Å². The van der Waals surface area contributed by atoms with Crippen LogP contribution in [0.15, 0.2) is 24.3 Å². The highest BCUT2D eigenvalue weighted by molar-refractivity contribution is 5.66. The molecule has 0 aromatic carbocycles. The summed E-state index contributed by atoms with van der Waals surface area (Å²) in [5, 5.41) is 17.6. The van der Waals surface area contributed by atoms with Crippen molar-refractivity contribution >= 4 is 11.9 Å². The lowest BCUT2D eigenvalue weighted by atomic mass is 9.65. The molecule has 1 aliphatic rings. The van der Waals surface area contributed by atoms with E-state index in [2.05, 4.69) is 38.2 Å². The number of hydrogen-bond donors (Lipinski definition) is 2. The van der Waals surface area contributed by atoms with E-state index in [1.807, 2.05) is 0 Å². The van der Waals surface area contributed by atoms with Gasteiger partial charge < -0.3 is 10.2 Å². The van der Waals surface area contributed by atoms with E-state index in [1.54, 1.807) is 0 Å². The average Bonchev–Trinajstić information content (AvgIpc) is 2.96. The molecule has 4 heteroatoms. The molecule has 0 aromatic rings. The van der Waals surface area contributed by atoms with E-state index in [1.165, 1.54) is 122 Å². The average molecular weight is 589 g/mol. The summed E-state index contributed by atoms with van der Waals surface area (Å²) in [7, 11) is 0. The molecule has 1 rings (SSSR count). The van der Waals surface area contributed by atoms with Gasteiger partial charge in [0.25, 0.3) is 0 Å². The van der Waals surface area contributed by atoms with Gasteiger partial charge in [-0.15, -0.1) is 0 Å². The topological polar surface area (TPSA) is 74.6 Å². The monoisotopic (exact) mass is 589 g/mol. The van der Waals surface area contributed by atoms with Crippen LogP contribution >= 0.6 is 0 Å². The standard InChI is InChI=1S/C38H68O4/c1-3-5-7-20-25-33-31-32-34(26-21-15-13-14-18-24-30-38(41)42)35(27-19-6-4-2)36(33)28-22-16-11-9-8-10-12-17-23-29-37(39)40/h16,22,31-36H,3-15,17-21,23-30H2,1-2H3,(H,39,40)(H,41,42). The molecular weight excluding hydrogens is 520 g/mol. The Morgan fingerprint density at radius 3 is 1.50 bits per heavy atom. The van der Waals surface area contributed by atoms with Gasteiger partial charge in [-0.25, -0.2) is 0 Å². The maximum atomic E-state index is 10.7. The third-order valence-corrected chi connectivity index (χ3v) is 9.55. The Hall–Kier alpha value is -1.58. The Kier molecular flexibility index (Phi) is 24.7. The van der Waals surface area contributed by atoms with E-state index in [9.17, 15) is 9.59 Å². The van der Waals surface area contributed by atoms with Crippen LogP contribution in [-0.4, -0.2) is 22.2 Å². The third-order valence-electron chi connectivity index (χ3n) is 9.55. The molecule has 244 valence electrons. The Labute approximate surface area is 260 Å². The highest BCUT2D eigenvalue weighted by Crippen LogP contribution is 2.44. The lowest BCUT2D eigenvalue weighted by molar-refractivity contribution is -0.138. The van der Waals surface area contributed by atoms with Gasteiger partial charge in [0.2, 0.25) is 0 Å². The zero-order chi connectivity index (χ0) is 30.7. The van der Waals surface area contributed by atoms with E-state index >= 15 is 0 Å². The smallest absolute Gasteiger partial charge is 0.303 e. The molecule has 0 aliphatic heterocycles. The van der Waals surface area contributed by atoms with Gasteiger partial charge in [-0.05, 0) is 75.0 Å². The molecule has 4 nitrogen and oxygen atoms in total. The minimum atomic E-state index is -0.669. The van der Waals surface area contributed by atoms with Crippen LogP contribution in [-0.2, 0) is 9.59 Å². The first-order valence-corrected chi connectivity index (χ1v) is 18.3. The number of carboxylic acids is 2. The number of aliphatic carboxylic acids is 2.